The van der Waals surface area contributed by atoms with Gasteiger partial charge in [-0.05, 0) is 0 Å². The molecule has 0 fully saturated rings. The lowest BCUT2D eigenvalue weighted by molar-refractivity contribution is 0.0816. The highest BCUT2D eigenvalue weighted by atomic mass is 16.2. The number of hydrogen-bond acceptors (Lipinski definition) is 2. The van der Waals surface area contributed by atoms with Crippen molar-refractivity contribution in [2.45, 2.75) is 6.54 Å². The van der Waals surface area contributed by atoms with Gasteiger partial charge in [-0.25, -0.2) is 0 Å². The van der Waals surface area contributed by atoms with Gasteiger partial charge in [0.25, 0.3) is 5.91 Å². The Labute approximate surface area is 71.8 Å². The Bertz CT molecular complexity index is 351. The summed E-state index contributed by atoms with van der Waals surface area (Å²) >= 11 is 0. The molecular formula is C8H7BN2O. The number of fused-ring (bicyclic) bond motifs is 1. The van der Waals surface area contributed by atoms with Gasteiger partial charge in [-0.15, -0.1) is 0 Å². The fourth-order valence-electron chi connectivity index (χ4n) is 1.32. The molecule has 0 unspecified atom stereocenters. The topological polar surface area (TPSA) is 33.2 Å². The molecule has 0 N–H and O–H groups in total. The van der Waals surface area contributed by atoms with Crippen LogP contribution in [0, 0.1) is 0 Å². The first-order valence-corrected chi connectivity index (χ1v) is 3.68. The Kier molecular flexibility index (Phi) is 1.43. The zero-order valence-corrected chi connectivity index (χ0v) is 6.74. The van der Waals surface area contributed by atoms with Gasteiger partial charge in [0.1, 0.15) is 7.85 Å². The number of carbonyl (C=O) groups is 1. The highest BCUT2D eigenvalue weighted by Gasteiger charge is 2.24. The average Bonchev–Trinajstić information content (AvgIpc) is 2.31. The summed E-state index contributed by atoms with van der Waals surface area (Å²) in [5.74, 6) is 0.00444. The fraction of sp³-hybridized carbons (Fsp3) is 0.250. The Balaban J connectivity index is 2.56. The third-order valence-corrected chi connectivity index (χ3v) is 1.96. The summed E-state index contributed by atoms with van der Waals surface area (Å²) in [5.41, 5.74) is 1.99. The lowest BCUT2D eigenvalue weighted by atomic mass is 9.96. The van der Waals surface area contributed by atoms with E-state index in [0.717, 1.165) is 5.69 Å². The standard InChI is InChI=1S/C8H7BN2O/c1-11-4-7-6(8(11)12)2-5(9)3-10-7/h2-3H,4H2,1H3. The molecule has 0 atom stereocenters. The fourth-order valence-corrected chi connectivity index (χ4v) is 1.32. The molecule has 1 aromatic heterocycles. The molecule has 0 saturated heterocycles. The van der Waals surface area contributed by atoms with E-state index in [-0.39, 0.29) is 5.91 Å². The van der Waals surface area contributed by atoms with Gasteiger partial charge < -0.3 is 4.90 Å². The van der Waals surface area contributed by atoms with Gasteiger partial charge in [0.15, 0.2) is 0 Å². The summed E-state index contributed by atoms with van der Waals surface area (Å²) in [6.45, 7) is 0.592. The number of rotatable bonds is 0. The number of nitrogens with zero attached hydrogens (tertiary/aromatic N) is 2. The normalized spacial score (nSPS) is 15.1. The number of aromatic nitrogens is 1. The van der Waals surface area contributed by atoms with Gasteiger partial charge >= 0.3 is 0 Å². The summed E-state index contributed by atoms with van der Waals surface area (Å²) < 4.78 is 0. The maximum Gasteiger partial charge on any atom is 0.255 e. The largest absolute Gasteiger partial charge is 0.336 e. The van der Waals surface area contributed by atoms with Crippen LogP contribution in [0.25, 0.3) is 0 Å². The van der Waals surface area contributed by atoms with Gasteiger partial charge in [-0.1, -0.05) is 11.5 Å². The highest BCUT2D eigenvalue weighted by molar-refractivity contribution is 6.32. The second-order valence-electron chi connectivity index (χ2n) is 2.92. The molecular weight excluding hydrogens is 151 g/mol. The first-order chi connectivity index (χ1) is 5.68. The molecule has 1 amide bonds. The minimum absolute atomic E-state index is 0.00444. The summed E-state index contributed by atoms with van der Waals surface area (Å²) in [6.07, 6.45) is 1.57. The Morgan fingerprint density at radius 2 is 2.42 bits per heavy atom. The predicted molar refractivity (Wildman–Crippen MR) is 45.4 cm³/mol. The number of amides is 1. The van der Waals surface area contributed by atoms with E-state index in [1.807, 2.05) is 0 Å². The molecule has 0 bridgehead atoms. The number of hydrogen-bond donors (Lipinski definition) is 0. The van der Waals surface area contributed by atoms with Crippen molar-refractivity contribution >= 4 is 19.2 Å². The summed E-state index contributed by atoms with van der Waals surface area (Å²) in [5, 5.41) is 0. The highest BCUT2D eigenvalue weighted by Crippen LogP contribution is 2.16. The summed E-state index contributed by atoms with van der Waals surface area (Å²) in [6, 6.07) is 1.67. The minimum Gasteiger partial charge on any atom is -0.336 e. The van der Waals surface area contributed by atoms with Crippen molar-refractivity contribution in [3.8, 4) is 0 Å². The van der Waals surface area contributed by atoms with Crippen LogP contribution in [0.2, 0.25) is 0 Å². The molecule has 0 saturated carbocycles. The predicted octanol–water partition coefficient (Wildman–Crippen LogP) is -0.539. The molecule has 3 nitrogen and oxygen atoms in total. The van der Waals surface area contributed by atoms with E-state index in [0.29, 0.717) is 17.6 Å². The van der Waals surface area contributed by atoms with Crippen molar-refractivity contribution in [3.63, 3.8) is 0 Å². The van der Waals surface area contributed by atoms with E-state index < -0.39 is 0 Å². The molecule has 12 heavy (non-hydrogen) atoms. The molecule has 2 rings (SSSR count). The zero-order chi connectivity index (χ0) is 8.72. The van der Waals surface area contributed by atoms with Gasteiger partial charge in [0, 0.05) is 13.2 Å². The van der Waals surface area contributed by atoms with Crippen LogP contribution < -0.4 is 5.46 Å². The van der Waals surface area contributed by atoms with Crippen LogP contribution in [-0.2, 0) is 6.54 Å². The molecule has 4 heteroatoms. The van der Waals surface area contributed by atoms with Crippen LogP contribution in [-0.4, -0.2) is 30.7 Å². The lowest BCUT2D eigenvalue weighted by Crippen LogP contribution is -2.18. The smallest absolute Gasteiger partial charge is 0.255 e. The van der Waals surface area contributed by atoms with Gasteiger partial charge in [0.05, 0.1) is 17.8 Å². The van der Waals surface area contributed by atoms with Crippen molar-refractivity contribution in [1.29, 1.82) is 0 Å². The Morgan fingerprint density at radius 3 is 3.17 bits per heavy atom. The average molecular weight is 158 g/mol. The molecule has 0 aromatic carbocycles. The van der Waals surface area contributed by atoms with Crippen LogP contribution in [0.5, 0.6) is 0 Å². The molecule has 2 heterocycles. The van der Waals surface area contributed by atoms with Crippen LogP contribution >= 0.6 is 0 Å². The van der Waals surface area contributed by atoms with E-state index in [1.165, 1.54) is 0 Å². The van der Waals surface area contributed by atoms with Crippen molar-refractivity contribution in [2.24, 2.45) is 0 Å². The molecule has 58 valence electrons. The second-order valence-corrected chi connectivity index (χ2v) is 2.92. The monoisotopic (exact) mass is 158 g/mol. The molecule has 0 spiro atoms. The van der Waals surface area contributed by atoms with Gasteiger partial charge in [-0.2, -0.15) is 0 Å². The van der Waals surface area contributed by atoms with Crippen molar-refractivity contribution < 1.29 is 4.79 Å². The van der Waals surface area contributed by atoms with Crippen LogP contribution in [0.3, 0.4) is 0 Å². The maximum absolute atomic E-state index is 11.4. The SMILES string of the molecule is [B]c1cnc2c(c1)C(=O)N(C)C2. The van der Waals surface area contributed by atoms with Crippen molar-refractivity contribution in [1.82, 2.24) is 9.88 Å². The first-order valence-electron chi connectivity index (χ1n) is 3.68. The maximum atomic E-state index is 11.4. The van der Waals surface area contributed by atoms with Crippen molar-refractivity contribution in [2.75, 3.05) is 7.05 Å². The van der Waals surface area contributed by atoms with Crippen LogP contribution in [0.4, 0.5) is 0 Å². The van der Waals surface area contributed by atoms with E-state index in [9.17, 15) is 4.79 Å². The first kappa shape index (κ1) is 7.34. The van der Waals surface area contributed by atoms with Crippen LogP contribution in [0.1, 0.15) is 16.1 Å². The molecule has 2 radical (unpaired) electrons. The van der Waals surface area contributed by atoms with E-state index >= 15 is 0 Å². The number of carbonyl (C=O) groups excluding carboxylic acids is 1. The molecule has 1 aliphatic rings. The Morgan fingerprint density at radius 1 is 1.67 bits per heavy atom. The van der Waals surface area contributed by atoms with E-state index in [4.69, 9.17) is 7.85 Å². The third kappa shape index (κ3) is 0.914. The molecule has 0 aliphatic carbocycles. The summed E-state index contributed by atoms with van der Waals surface area (Å²) in [4.78, 5) is 17.1. The van der Waals surface area contributed by atoms with Gasteiger partial charge in [-0.3, -0.25) is 9.78 Å². The zero-order valence-electron chi connectivity index (χ0n) is 6.74. The molecule has 1 aliphatic heterocycles. The van der Waals surface area contributed by atoms with Gasteiger partial charge in [0.2, 0.25) is 0 Å². The molecule has 1 aromatic rings. The Hall–Kier alpha value is -1.32. The quantitative estimate of drug-likeness (QED) is 0.475. The summed E-state index contributed by atoms with van der Waals surface area (Å²) in [7, 11) is 7.26. The lowest BCUT2D eigenvalue weighted by Gasteiger charge is -2.03. The van der Waals surface area contributed by atoms with Crippen molar-refractivity contribution in [3.05, 3.63) is 23.5 Å². The number of pyridine rings is 1. The second kappa shape index (κ2) is 2.34. The van der Waals surface area contributed by atoms with E-state index in [2.05, 4.69) is 4.98 Å². The third-order valence-electron chi connectivity index (χ3n) is 1.96. The van der Waals surface area contributed by atoms with E-state index in [1.54, 1.807) is 24.2 Å². The van der Waals surface area contributed by atoms with Crippen LogP contribution in [0.15, 0.2) is 12.3 Å². The minimum atomic E-state index is 0.00444.